The topological polar surface area (TPSA) is 63.6 Å². The first kappa shape index (κ1) is 16.4. The van der Waals surface area contributed by atoms with Gasteiger partial charge in [0.1, 0.15) is 0 Å². The Hall–Kier alpha value is -2.41. The van der Waals surface area contributed by atoms with E-state index in [0.29, 0.717) is 37.1 Å². The van der Waals surface area contributed by atoms with Crippen molar-refractivity contribution in [1.82, 2.24) is 0 Å². The molecule has 24 heavy (non-hydrogen) atoms. The van der Waals surface area contributed by atoms with Crippen LogP contribution in [0.4, 0.5) is 0 Å². The molecule has 1 aliphatic rings. The number of hydrogen-bond donors (Lipinski definition) is 1. The number of methoxy groups -OCH3 is 1. The van der Waals surface area contributed by atoms with Crippen molar-refractivity contribution in [2.24, 2.45) is 0 Å². The van der Waals surface area contributed by atoms with Gasteiger partial charge in [-0.25, -0.2) is 0 Å². The summed E-state index contributed by atoms with van der Waals surface area (Å²) < 4.78 is 5.42. The lowest BCUT2D eigenvalue weighted by Gasteiger charge is -2.19. The Morgan fingerprint density at radius 1 is 1.17 bits per heavy atom. The van der Waals surface area contributed by atoms with Gasteiger partial charge in [0.25, 0.3) is 0 Å². The number of ether oxygens (including phenoxy) is 1. The molecule has 0 aliphatic heterocycles. The largest absolute Gasteiger partial charge is 0.504 e. The van der Waals surface area contributed by atoms with Crippen molar-refractivity contribution in [2.75, 3.05) is 7.11 Å². The van der Waals surface area contributed by atoms with Gasteiger partial charge in [0.05, 0.1) is 10.7 Å². The number of carbonyl (C=O) groups is 2. The van der Waals surface area contributed by atoms with E-state index < -0.39 is 0 Å². The third-order valence-corrected chi connectivity index (χ3v) is 4.69. The normalized spacial score (nSPS) is 13.3. The molecule has 1 N–H and O–H groups in total. The van der Waals surface area contributed by atoms with Crippen LogP contribution in [0.1, 0.15) is 26.3 Å². The van der Waals surface area contributed by atoms with E-state index in [0.717, 1.165) is 0 Å². The smallest absolute Gasteiger partial charge is 0.200 e. The van der Waals surface area contributed by atoms with Crippen LogP contribution in [-0.4, -0.2) is 23.8 Å². The van der Waals surface area contributed by atoms with Gasteiger partial charge in [-0.3, -0.25) is 9.59 Å². The minimum atomic E-state index is -0.209. The van der Waals surface area contributed by atoms with Gasteiger partial charge < -0.3 is 9.84 Å². The van der Waals surface area contributed by atoms with E-state index >= 15 is 0 Å². The first-order valence-electron chi connectivity index (χ1n) is 7.11. The first-order chi connectivity index (χ1) is 11.5. The highest BCUT2D eigenvalue weighted by atomic mass is 127. The Morgan fingerprint density at radius 3 is 2.54 bits per heavy atom. The van der Waals surface area contributed by atoms with E-state index in [1.54, 1.807) is 30.3 Å². The van der Waals surface area contributed by atoms with Gasteiger partial charge in [-0.15, -0.1) is 0 Å². The monoisotopic (exact) mass is 432 g/mol. The number of aromatic hydroxyl groups is 1. The Balaban J connectivity index is 2.34. The molecule has 2 aromatic rings. The van der Waals surface area contributed by atoms with Crippen LogP contribution in [-0.2, 0) is 0 Å². The van der Waals surface area contributed by atoms with E-state index in [1.165, 1.54) is 19.3 Å². The van der Waals surface area contributed by atoms with E-state index in [2.05, 4.69) is 6.58 Å². The second kappa shape index (κ2) is 6.24. The summed E-state index contributed by atoms with van der Waals surface area (Å²) in [6.07, 6.45) is 2.97. The minimum absolute atomic E-state index is 0.0394. The van der Waals surface area contributed by atoms with Crippen molar-refractivity contribution in [3.05, 3.63) is 63.3 Å². The average Bonchev–Trinajstić information content (AvgIpc) is 2.58. The third kappa shape index (κ3) is 2.54. The molecule has 0 amide bonds. The highest BCUT2D eigenvalue weighted by molar-refractivity contribution is 14.1. The van der Waals surface area contributed by atoms with Gasteiger partial charge in [-0.05, 0) is 51.9 Å². The molecule has 2 aromatic carbocycles. The molecule has 3 rings (SSSR count). The van der Waals surface area contributed by atoms with Gasteiger partial charge in [0, 0.05) is 22.8 Å². The van der Waals surface area contributed by atoms with Crippen molar-refractivity contribution in [1.29, 1.82) is 0 Å². The second-order valence-electron chi connectivity index (χ2n) is 5.23. The molecule has 0 spiro atoms. The lowest BCUT2D eigenvalue weighted by Crippen LogP contribution is -2.16. The predicted molar refractivity (Wildman–Crippen MR) is 101 cm³/mol. The summed E-state index contributed by atoms with van der Waals surface area (Å²) in [7, 11) is 1.46. The van der Waals surface area contributed by atoms with Crippen LogP contribution >= 0.6 is 22.6 Å². The quantitative estimate of drug-likeness (QED) is 0.731. The van der Waals surface area contributed by atoms with E-state index in [9.17, 15) is 14.7 Å². The Kier molecular flexibility index (Phi) is 4.28. The zero-order valence-corrected chi connectivity index (χ0v) is 15.0. The fourth-order valence-electron chi connectivity index (χ4n) is 2.76. The van der Waals surface area contributed by atoms with Gasteiger partial charge in [0.2, 0.25) is 5.78 Å². The number of benzene rings is 2. The number of phenolic OH excluding ortho intramolecular Hbond substituents is 1. The zero-order valence-electron chi connectivity index (χ0n) is 12.8. The summed E-state index contributed by atoms with van der Waals surface area (Å²) in [4.78, 5) is 24.9. The van der Waals surface area contributed by atoms with Crippen molar-refractivity contribution >= 4 is 40.2 Å². The fourth-order valence-corrected chi connectivity index (χ4v) is 3.32. The highest BCUT2D eigenvalue weighted by Gasteiger charge is 2.28. The number of phenols is 1. The molecule has 5 heteroatoms. The number of fused-ring (bicyclic) bond motifs is 1. The molecule has 4 nitrogen and oxygen atoms in total. The maximum Gasteiger partial charge on any atom is 0.200 e. The van der Waals surface area contributed by atoms with Crippen LogP contribution in [0.5, 0.6) is 11.5 Å². The molecule has 0 heterocycles. The van der Waals surface area contributed by atoms with Crippen molar-refractivity contribution in [3.8, 4) is 22.6 Å². The summed E-state index contributed by atoms with van der Waals surface area (Å²) in [6, 6.07) is 8.26. The van der Waals surface area contributed by atoms with E-state index in [1.807, 2.05) is 22.6 Å². The molecule has 0 saturated carbocycles. The summed E-state index contributed by atoms with van der Waals surface area (Å²) in [5.41, 5.74) is 2.61. The SMILES string of the molecule is C=Cc1ccc2c(c1-c1ccc(OC)c(O)c1)C(=O)C(I)=CC2=O. The maximum absolute atomic E-state index is 12.7. The standard InChI is InChI=1S/C19H13IO4/c1-3-10-4-6-12-14(21)9-13(20)19(23)18(12)17(10)11-5-7-16(24-2)15(22)8-11/h3-9,22H,1H2,2H3. The molecule has 0 atom stereocenters. The Labute approximate surface area is 152 Å². The number of ketones is 2. The number of halogens is 1. The molecule has 0 saturated heterocycles. The van der Waals surface area contributed by atoms with Crippen molar-refractivity contribution in [3.63, 3.8) is 0 Å². The van der Waals surface area contributed by atoms with Crippen molar-refractivity contribution in [2.45, 2.75) is 0 Å². The number of carbonyl (C=O) groups excluding carboxylic acids is 2. The fraction of sp³-hybridized carbons (Fsp3) is 0.0526. The lowest BCUT2D eigenvalue weighted by molar-refractivity contribution is 0.0993. The molecular formula is C19H13IO4. The Bertz CT molecular complexity index is 925. The highest BCUT2D eigenvalue weighted by Crippen LogP contribution is 2.39. The van der Waals surface area contributed by atoms with Crippen LogP contribution in [0.25, 0.3) is 17.2 Å². The first-order valence-corrected chi connectivity index (χ1v) is 8.18. The summed E-state index contributed by atoms with van der Waals surface area (Å²) >= 11 is 1.87. The van der Waals surface area contributed by atoms with Crippen LogP contribution in [0.15, 0.2) is 46.6 Å². The maximum atomic E-state index is 12.7. The number of rotatable bonds is 3. The number of hydrogen-bond acceptors (Lipinski definition) is 4. The molecule has 0 aromatic heterocycles. The molecule has 0 unspecified atom stereocenters. The molecule has 120 valence electrons. The van der Waals surface area contributed by atoms with Crippen molar-refractivity contribution < 1.29 is 19.4 Å². The van der Waals surface area contributed by atoms with Crippen LogP contribution in [0, 0.1) is 0 Å². The molecule has 0 bridgehead atoms. The van der Waals surface area contributed by atoms with Gasteiger partial charge in [-0.2, -0.15) is 0 Å². The molecule has 1 aliphatic carbocycles. The second-order valence-corrected chi connectivity index (χ2v) is 6.39. The predicted octanol–water partition coefficient (Wildman–Crippen LogP) is 4.41. The lowest BCUT2D eigenvalue weighted by atomic mass is 9.84. The summed E-state index contributed by atoms with van der Waals surface area (Å²) in [5, 5.41) is 10.1. The minimum Gasteiger partial charge on any atom is -0.504 e. The van der Waals surface area contributed by atoms with Gasteiger partial charge in [0.15, 0.2) is 17.3 Å². The van der Waals surface area contributed by atoms with Crippen LogP contribution < -0.4 is 4.74 Å². The third-order valence-electron chi connectivity index (χ3n) is 3.89. The van der Waals surface area contributed by atoms with E-state index in [4.69, 9.17) is 4.74 Å². The van der Waals surface area contributed by atoms with Crippen LogP contribution in [0.2, 0.25) is 0 Å². The van der Waals surface area contributed by atoms with Gasteiger partial charge in [-0.1, -0.05) is 24.8 Å². The van der Waals surface area contributed by atoms with Crippen LogP contribution in [0.3, 0.4) is 0 Å². The number of allylic oxidation sites excluding steroid dienone is 2. The molecular weight excluding hydrogens is 419 g/mol. The molecule has 0 radical (unpaired) electrons. The molecule has 0 fully saturated rings. The Morgan fingerprint density at radius 2 is 1.92 bits per heavy atom. The average molecular weight is 432 g/mol. The summed E-state index contributed by atoms with van der Waals surface area (Å²) in [5.74, 6) is -0.120. The van der Waals surface area contributed by atoms with Gasteiger partial charge >= 0.3 is 0 Å². The van der Waals surface area contributed by atoms with E-state index in [-0.39, 0.29) is 17.3 Å². The summed E-state index contributed by atoms with van der Waals surface area (Å²) in [6.45, 7) is 3.79. The zero-order chi connectivity index (χ0) is 17.4. The number of Topliss-reactive ketones (excluding diaryl/α,β-unsaturated/α-hetero) is 1.